The summed E-state index contributed by atoms with van der Waals surface area (Å²) < 4.78 is 30.2. The van der Waals surface area contributed by atoms with Gasteiger partial charge >= 0.3 is 0 Å². The summed E-state index contributed by atoms with van der Waals surface area (Å²) in [6.07, 6.45) is 0.919. The number of amides is 1. The molecule has 170 valence electrons. The van der Waals surface area contributed by atoms with Crippen molar-refractivity contribution in [3.8, 4) is 0 Å². The number of fused-ring (bicyclic) bond motifs is 1. The highest BCUT2D eigenvalue weighted by molar-refractivity contribution is 7.89. The number of hydrogen-bond acceptors (Lipinski definition) is 4. The monoisotopic (exact) mass is 491 g/mol. The lowest BCUT2D eigenvalue weighted by Gasteiger charge is -2.29. The third kappa shape index (κ3) is 4.55. The fourth-order valence-electron chi connectivity index (χ4n) is 3.90. The van der Waals surface area contributed by atoms with E-state index in [-0.39, 0.29) is 16.7 Å². The molecule has 1 aliphatic rings. The summed E-state index contributed by atoms with van der Waals surface area (Å²) in [6, 6.07) is 12.5. The number of sulfonamides is 1. The van der Waals surface area contributed by atoms with Crippen LogP contribution in [0.3, 0.4) is 0 Å². The minimum absolute atomic E-state index is 0.181. The van der Waals surface area contributed by atoms with Gasteiger partial charge in [-0.3, -0.25) is 4.79 Å². The van der Waals surface area contributed by atoms with E-state index in [1.54, 1.807) is 12.1 Å². The number of hydrogen-bond donors (Lipinski definition) is 0. The molecule has 0 unspecified atom stereocenters. The maximum absolute atomic E-state index is 12.9. The van der Waals surface area contributed by atoms with Crippen molar-refractivity contribution in [1.82, 2.24) is 8.87 Å². The van der Waals surface area contributed by atoms with Crippen LogP contribution in [-0.4, -0.2) is 36.3 Å². The maximum atomic E-state index is 12.9. The lowest BCUT2D eigenvalue weighted by Crippen LogP contribution is -2.40. The molecule has 32 heavy (non-hydrogen) atoms. The summed E-state index contributed by atoms with van der Waals surface area (Å²) in [6.45, 7) is 4.91. The van der Waals surface area contributed by atoms with Gasteiger partial charge in [0.05, 0.1) is 15.1 Å². The number of benzene rings is 2. The van der Waals surface area contributed by atoms with Crippen LogP contribution in [0.2, 0.25) is 5.02 Å². The van der Waals surface area contributed by atoms with E-state index in [9.17, 15) is 13.2 Å². The fourth-order valence-corrected chi connectivity index (χ4v) is 6.57. The average Bonchev–Trinajstić information content (AvgIpc) is 3.08. The van der Waals surface area contributed by atoms with Gasteiger partial charge in [-0.15, -0.1) is 0 Å². The van der Waals surface area contributed by atoms with Crippen molar-refractivity contribution in [2.24, 2.45) is 18.0 Å². The number of carbonyl (C=O) groups excluding carboxylic acids is 1. The molecule has 0 N–H and O–H groups in total. The summed E-state index contributed by atoms with van der Waals surface area (Å²) in [5, 5.41) is 0.490. The number of nitrogens with zero attached hydrogens (tertiary/aromatic N) is 3. The lowest BCUT2D eigenvalue weighted by molar-refractivity contribution is -0.122. The highest BCUT2D eigenvalue weighted by atomic mass is 35.5. The van der Waals surface area contributed by atoms with E-state index < -0.39 is 10.0 Å². The SMILES string of the molecule is CC(C)c1ccc2c(c1)sc(=NC(=O)C1CCN(S(=O)(=O)c3ccc(Cl)cc3)CC1)n2C. The van der Waals surface area contributed by atoms with Gasteiger partial charge in [0.1, 0.15) is 0 Å². The van der Waals surface area contributed by atoms with Crippen LogP contribution < -0.4 is 4.80 Å². The first kappa shape index (κ1) is 23.2. The van der Waals surface area contributed by atoms with Crippen molar-refractivity contribution in [3.05, 3.63) is 57.9 Å². The minimum atomic E-state index is -3.59. The highest BCUT2D eigenvalue weighted by Gasteiger charge is 2.32. The summed E-state index contributed by atoms with van der Waals surface area (Å²) in [7, 11) is -1.67. The summed E-state index contributed by atoms with van der Waals surface area (Å²) in [4.78, 5) is 18.2. The Morgan fingerprint density at radius 3 is 2.41 bits per heavy atom. The first-order valence-electron chi connectivity index (χ1n) is 10.6. The van der Waals surface area contributed by atoms with Gasteiger partial charge in [0.2, 0.25) is 10.0 Å². The van der Waals surface area contributed by atoms with Gasteiger partial charge in [-0.05, 0) is 60.7 Å². The largest absolute Gasteiger partial charge is 0.319 e. The van der Waals surface area contributed by atoms with Gasteiger partial charge in [0, 0.05) is 31.1 Å². The second-order valence-electron chi connectivity index (χ2n) is 8.41. The van der Waals surface area contributed by atoms with Gasteiger partial charge in [-0.25, -0.2) is 8.42 Å². The van der Waals surface area contributed by atoms with Crippen LogP contribution in [0, 0.1) is 5.92 Å². The fraction of sp³-hybridized carbons (Fsp3) is 0.391. The van der Waals surface area contributed by atoms with Crippen LogP contribution in [0.15, 0.2) is 52.4 Å². The van der Waals surface area contributed by atoms with Crippen molar-refractivity contribution >= 4 is 49.1 Å². The third-order valence-corrected chi connectivity index (χ3v) is 9.22. The Labute approximate surface area is 197 Å². The van der Waals surface area contributed by atoms with Gasteiger partial charge in [0.25, 0.3) is 5.91 Å². The third-order valence-electron chi connectivity index (χ3n) is 5.96. The van der Waals surface area contributed by atoms with Crippen LogP contribution in [-0.2, 0) is 21.9 Å². The van der Waals surface area contributed by atoms with Crippen LogP contribution in [0.25, 0.3) is 10.2 Å². The number of piperidine rings is 1. The van der Waals surface area contributed by atoms with Crippen LogP contribution in [0.1, 0.15) is 38.2 Å². The molecule has 0 atom stereocenters. The second-order valence-corrected chi connectivity index (χ2v) is 11.8. The predicted molar refractivity (Wildman–Crippen MR) is 128 cm³/mol. The van der Waals surface area contributed by atoms with Crippen molar-refractivity contribution in [3.63, 3.8) is 0 Å². The molecule has 2 heterocycles. The molecule has 1 saturated heterocycles. The van der Waals surface area contributed by atoms with Crippen molar-refractivity contribution < 1.29 is 13.2 Å². The van der Waals surface area contributed by atoms with Crippen molar-refractivity contribution in [2.45, 2.75) is 37.5 Å². The Hall–Kier alpha value is -2.00. The quantitative estimate of drug-likeness (QED) is 0.537. The first-order valence-corrected chi connectivity index (χ1v) is 13.2. The maximum Gasteiger partial charge on any atom is 0.251 e. The van der Waals surface area contributed by atoms with E-state index in [2.05, 4.69) is 37.0 Å². The Kier molecular flexibility index (Phi) is 6.58. The molecule has 0 aliphatic carbocycles. The van der Waals surface area contributed by atoms with E-state index in [4.69, 9.17) is 11.6 Å². The van der Waals surface area contributed by atoms with E-state index in [1.165, 1.54) is 33.3 Å². The predicted octanol–water partition coefficient (Wildman–Crippen LogP) is 4.54. The van der Waals surface area contributed by atoms with Crippen LogP contribution in [0.5, 0.6) is 0 Å². The van der Waals surface area contributed by atoms with E-state index in [0.717, 1.165) is 10.2 Å². The Morgan fingerprint density at radius 1 is 1.12 bits per heavy atom. The number of halogens is 1. The Bertz CT molecular complexity index is 1320. The van der Waals surface area contributed by atoms with E-state index >= 15 is 0 Å². The molecule has 3 aromatic rings. The first-order chi connectivity index (χ1) is 15.2. The Morgan fingerprint density at radius 2 is 1.78 bits per heavy atom. The normalized spacial score (nSPS) is 16.8. The Balaban J connectivity index is 1.49. The molecule has 0 bridgehead atoms. The minimum Gasteiger partial charge on any atom is -0.319 e. The molecule has 0 saturated carbocycles. The lowest BCUT2D eigenvalue weighted by atomic mass is 9.98. The molecule has 2 aromatic carbocycles. The molecule has 9 heteroatoms. The van der Waals surface area contributed by atoms with Crippen LogP contribution in [0.4, 0.5) is 0 Å². The van der Waals surface area contributed by atoms with Gasteiger partial charge in [-0.1, -0.05) is 42.9 Å². The van der Waals surface area contributed by atoms with E-state index in [1.807, 2.05) is 11.6 Å². The second kappa shape index (κ2) is 9.09. The smallest absolute Gasteiger partial charge is 0.251 e. The van der Waals surface area contributed by atoms with Gasteiger partial charge in [0.15, 0.2) is 4.80 Å². The summed E-state index contributed by atoms with van der Waals surface area (Å²) in [5.41, 5.74) is 2.31. The van der Waals surface area contributed by atoms with Crippen LogP contribution >= 0.6 is 22.9 Å². The topological polar surface area (TPSA) is 71.7 Å². The average molecular weight is 492 g/mol. The standard InChI is InChI=1S/C23H26ClN3O3S2/c1-15(2)17-4-9-20-21(14-17)31-23(26(20)3)25-22(28)16-10-12-27(13-11-16)32(29,30)19-7-5-18(24)6-8-19/h4-9,14-16H,10-13H2,1-3H3. The molecule has 4 rings (SSSR count). The zero-order valence-corrected chi connectivity index (χ0v) is 20.7. The summed E-state index contributed by atoms with van der Waals surface area (Å²) in [5.74, 6) is -0.0222. The number of carbonyl (C=O) groups is 1. The molecule has 1 amide bonds. The van der Waals surface area contributed by atoms with Crippen molar-refractivity contribution in [1.29, 1.82) is 0 Å². The number of rotatable bonds is 4. The summed E-state index contributed by atoms with van der Waals surface area (Å²) >= 11 is 7.38. The molecular weight excluding hydrogens is 466 g/mol. The van der Waals surface area contributed by atoms with Gasteiger partial charge in [-0.2, -0.15) is 9.30 Å². The number of thiazole rings is 1. The molecule has 0 radical (unpaired) electrons. The zero-order chi connectivity index (χ0) is 23.0. The number of aromatic nitrogens is 1. The molecule has 1 aliphatic heterocycles. The molecule has 1 fully saturated rings. The molecule has 0 spiro atoms. The molecular formula is C23H26ClN3O3S2. The molecule has 6 nitrogen and oxygen atoms in total. The zero-order valence-electron chi connectivity index (χ0n) is 18.3. The molecule has 1 aromatic heterocycles. The van der Waals surface area contributed by atoms with E-state index in [0.29, 0.717) is 41.7 Å². The van der Waals surface area contributed by atoms with Crippen molar-refractivity contribution in [2.75, 3.05) is 13.1 Å². The highest BCUT2D eigenvalue weighted by Crippen LogP contribution is 2.26. The number of aryl methyl sites for hydroxylation is 1. The van der Waals surface area contributed by atoms with Gasteiger partial charge < -0.3 is 4.57 Å².